The smallest absolute Gasteiger partial charge is 0.226 e. The number of rotatable bonds is 2. The summed E-state index contributed by atoms with van der Waals surface area (Å²) in [6.45, 7) is 3.97. The summed E-state index contributed by atoms with van der Waals surface area (Å²) in [5.74, 6) is 0.994. The summed E-state index contributed by atoms with van der Waals surface area (Å²) in [6.07, 6.45) is 4.95. The lowest BCUT2D eigenvalue weighted by molar-refractivity contribution is -0.142. The van der Waals surface area contributed by atoms with E-state index in [9.17, 15) is 9.90 Å². The van der Waals surface area contributed by atoms with Gasteiger partial charge in [0.05, 0.1) is 6.10 Å². The Morgan fingerprint density at radius 1 is 1.33 bits per heavy atom. The van der Waals surface area contributed by atoms with Crippen LogP contribution < -0.4 is 5.73 Å². The van der Waals surface area contributed by atoms with Crippen LogP contribution in [0.5, 0.6) is 0 Å². The predicted octanol–water partition coefficient (Wildman–Crippen LogP) is 0.981. The first-order valence-corrected chi connectivity index (χ1v) is 7.30. The van der Waals surface area contributed by atoms with E-state index in [1.807, 2.05) is 4.90 Å². The summed E-state index contributed by atoms with van der Waals surface area (Å²) in [7, 11) is 0. The third-order valence-corrected chi connectivity index (χ3v) is 4.76. The number of nitrogens with two attached hydrogens (primary N) is 1. The Labute approximate surface area is 110 Å². The molecule has 1 aliphatic carbocycles. The number of carbonyl (C=O) groups is 1. The van der Waals surface area contributed by atoms with Gasteiger partial charge in [-0.25, -0.2) is 0 Å². The first kappa shape index (κ1) is 13.8. The van der Waals surface area contributed by atoms with Gasteiger partial charge in [-0.1, -0.05) is 19.8 Å². The largest absolute Gasteiger partial charge is 0.391 e. The van der Waals surface area contributed by atoms with Gasteiger partial charge in [-0.3, -0.25) is 4.79 Å². The summed E-state index contributed by atoms with van der Waals surface area (Å²) in [4.78, 5) is 14.4. The Balaban J connectivity index is 1.97. The number of nitrogens with zero attached hydrogens (tertiary/aromatic N) is 1. The van der Waals surface area contributed by atoms with Gasteiger partial charge in [0.1, 0.15) is 0 Å². The van der Waals surface area contributed by atoms with E-state index in [1.165, 1.54) is 6.42 Å². The molecule has 3 N–H and O–H groups in total. The minimum absolute atomic E-state index is 0.101. The minimum Gasteiger partial charge on any atom is -0.391 e. The molecular weight excluding hydrogens is 228 g/mol. The maximum Gasteiger partial charge on any atom is 0.226 e. The van der Waals surface area contributed by atoms with E-state index in [0.29, 0.717) is 24.9 Å². The number of hydrogen-bond donors (Lipinski definition) is 2. The van der Waals surface area contributed by atoms with Crippen molar-refractivity contribution in [1.82, 2.24) is 4.90 Å². The fraction of sp³-hybridized carbons (Fsp3) is 0.929. The van der Waals surface area contributed by atoms with Crippen LogP contribution in [0.3, 0.4) is 0 Å². The number of likely N-dealkylation sites (tertiary alicyclic amines) is 1. The van der Waals surface area contributed by atoms with Crippen LogP contribution in [0, 0.1) is 17.8 Å². The fourth-order valence-electron chi connectivity index (χ4n) is 3.30. The van der Waals surface area contributed by atoms with Crippen molar-refractivity contribution in [2.24, 2.45) is 23.5 Å². The lowest BCUT2D eigenvalue weighted by Crippen LogP contribution is -2.50. The van der Waals surface area contributed by atoms with Gasteiger partial charge in [-0.05, 0) is 37.6 Å². The van der Waals surface area contributed by atoms with Gasteiger partial charge >= 0.3 is 0 Å². The molecule has 0 aromatic rings. The zero-order valence-corrected chi connectivity index (χ0v) is 11.3. The summed E-state index contributed by atoms with van der Waals surface area (Å²) in [6, 6.07) is 0. The highest BCUT2D eigenvalue weighted by atomic mass is 16.3. The Morgan fingerprint density at radius 2 is 2.06 bits per heavy atom. The van der Waals surface area contributed by atoms with E-state index in [-0.39, 0.29) is 17.9 Å². The third-order valence-electron chi connectivity index (χ3n) is 4.76. The van der Waals surface area contributed by atoms with E-state index < -0.39 is 0 Å². The van der Waals surface area contributed by atoms with Gasteiger partial charge in [0.15, 0.2) is 0 Å². The molecule has 0 bridgehead atoms. The normalized spacial score (nSPS) is 37.6. The quantitative estimate of drug-likeness (QED) is 0.772. The molecule has 4 atom stereocenters. The number of hydrogen-bond acceptors (Lipinski definition) is 3. The van der Waals surface area contributed by atoms with Crippen LogP contribution in [0.1, 0.15) is 39.0 Å². The maximum atomic E-state index is 12.5. The Hall–Kier alpha value is -0.610. The molecule has 104 valence electrons. The molecule has 0 aromatic carbocycles. The molecule has 2 aliphatic rings. The summed E-state index contributed by atoms with van der Waals surface area (Å²) < 4.78 is 0. The predicted molar refractivity (Wildman–Crippen MR) is 70.9 cm³/mol. The fourth-order valence-corrected chi connectivity index (χ4v) is 3.30. The molecule has 1 saturated heterocycles. The van der Waals surface area contributed by atoms with Crippen LogP contribution in [0.15, 0.2) is 0 Å². The van der Waals surface area contributed by atoms with Crippen LogP contribution in [0.4, 0.5) is 0 Å². The highest BCUT2D eigenvalue weighted by Gasteiger charge is 2.35. The number of β-amino-alcohol motifs (C(OH)–C–C–N with tert-alkyl or cyclic N) is 1. The molecule has 1 heterocycles. The zero-order valence-electron chi connectivity index (χ0n) is 11.3. The molecule has 18 heavy (non-hydrogen) atoms. The first-order chi connectivity index (χ1) is 8.63. The van der Waals surface area contributed by atoms with Crippen LogP contribution in [-0.4, -0.2) is 41.7 Å². The lowest BCUT2D eigenvalue weighted by Gasteiger charge is -2.39. The van der Waals surface area contributed by atoms with E-state index in [4.69, 9.17) is 5.73 Å². The zero-order chi connectivity index (χ0) is 13.1. The Bertz CT molecular complexity index is 296. The molecule has 4 nitrogen and oxygen atoms in total. The highest BCUT2D eigenvalue weighted by molar-refractivity contribution is 5.79. The number of amides is 1. The molecule has 1 saturated carbocycles. The second-order valence-electron chi connectivity index (χ2n) is 6.00. The highest BCUT2D eigenvalue weighted by Crippen LogP contribution is 2.31. The topological polar surface area (TPSA) is 66.6 Å². The second-order valence-corrected chi connectivity index (χ2v) is 6.00. The van der Waals surface area contributed by atoms with Crippen LogP contribution in [-0.2, 0) is 4.79 Å². The minimum atomic E-state index is -0.359. The number of piperidine rings is 1. The molecule has 2 fully saturated rings. The van der Waals surface area contributed by atoms with Gasteiger partial charge in [-0.2, -0.15) is 0 Å². The number of aliphatic hydroxyl groups excluding tert-OH is 1. The van der Waals surface area contributed by atoms with Gasteiger partial charge in [-0.15, -0.1) is 0 Å². The molecule has 2 rings (SSSR count). The van der Waals surface area contributed by atoms with Crippen molar-refractivity contribution in [2.75, 3.05) is 19.6 Å². The molecule has 4 heteroatoms. The van der Waals surface area contributed by atoms with Crippen molar-refractivity contribution < 1.29 is 9.90 Å². The van der Waals surface area contributed by atoms with Gasteiger partial charge in [0.2, 0.25) is 5.91 Å². The molecule has 1 amide bonds. The van der Waals surface area contributed by atoms with E-state index in [1.54, 1.807) is 0 Å². The Morgan fingerprint density at radius 3 is 2.72 bits per heavy atom. The van der Waals surface area contributed by atoms with Crippen molar-refractivity contribution in [2.45, 2.75) is 45.1 Å². The second kappa shape index (κ2) is 6.02. The first-order valence-electron chi connectivity index (χ1n) is 7.30. The van der Waals surface area contributed by atoms with Crippen LogP contribution >= 0.6 is 0 Å². The van der Waals surface area contributed by atoms with Crippen molar-refractivity contribution in [3.63, 3.8) is 0 Å². The lowest BCUT2D eigenvalue weighted by atomic mass is 9.78. The average molecular weight is 254 g/mol. The standard InChI is InChI=1S/C14H26N2O2/c1-10-6-7-16(9-13(10)17)14(18)12-5-3-2-4-11(12)8-15/h10-13,17H,2-9,15H2,1H3. The summed E-state index contributed by atoms with van der Waals surface area (Å²) >= 11 is 0. The van der Waals surface area contributed by atoms with Gasteiger partial charge in [0, 0.05) is 19.0 Å². The monoisotopic (exact) mass is 254 g/mol. The van der Waals surface area contributed by atoms with Gasteiger partial charge in [0.25, 0.3) is 0 Å². The average Bonchev–Trinajstić information content (AvgIpc) is 2.41. The molecular formula is C14H26N2O2. The number of carbonyl (C=O) groups excluding carboxylic acids is 1. The van der Waals surface area contributed by atoms with E-state index >= 15 is 0 Å². The summed E-state index contributed by atoms with van der Waals surface area (Å²) in [5.41, 5.74) is 5.79. The molecule has 0 radical (unpaired) electrons. The van der Waals surface area contributed by atoms with Crippen LogP contribution in [0.25, 0.3) is 0 Å². The molecule has 4 unspecified atom stereocenters. The maximum absolute atomic E-state index is 12.5. The SMILES string of the molecule is CC1CCN(C(=O)C2CCCCC2CN)CC1O. The molecule has 0 aromatic heterocycles. The van der Waals surface area contributed by atoms with E-state index in [2.05, 4.69) is 6.92 Å². The van der Waals surface area contributed by atoms with Crippen molar-refractivity contribution >= 4 is 5.91 Å². The third kappa shape index (κ3) is 2.86. The van der Waals surface area contributed by atoms with E-state index in [0.717, 1.165) is 32.2 Å². The summed E-state index contributed by atoms with van der Waals surface area (Å²) in [5, 5.41) is 9.90. The van der Waals surface area contributed by atoms with Gasteiger partial charge < -0.3 is 15.7 Å². The van der Waals surface area contributed by atoms with Crippen molar-refractivity contribution in [3.05, 3.63) is 0 Å². The number of aliphatic hydroxyl groups is 1. The van der Waals surface area contributed by atoms with Crippen LogP contribution in [0.2, 0.25) is 0 Å². The Kier molecular flexibility index (Phi) is 4.62. The van der Waals surface area contributed by atoms with Crippen molar-refractivity contribution in [1.29, 1.82) is 0 Å². The van der Waals surface area contributed by atoms with Crippen molar-refractivity contribution in [3.8, 4) is 0 Å². The molecule has 0 spiro atoms. The molecule has 1 aliphatic heterocycles.